The van der Waals surface area contributed by atoms with Crippen LogP contribution in [0, 0.1) is 11.8 Å². The Bertz CT molecular complexity index is 618. The SMILES string of the molecule is C=C1C(=O)O[C@@H]2/C=C(/CO)CC/C=C(/C)C[C@H](OC(=O)C[C@H](C)CO)[C@@H]12. The molecule has 0 bridgehead atoms. The van der Waals surface area contributed by atoms with Gasteiger partial charge in [0.05, 0.1) is 18.9 Å². The summed E-state index contributed by atoms with van der Waals surface area (Å²) in [6.07, 6.45) is 4.66. The van der Waals surface area contributed by atoms with Crippen molar-refractivity contribution in [3.8, 4) is 0 Å². The minimum atomic E-state index is -0.601. The van der Waals surface area contributed by atoms with Gasteiger partial charge < -0.3 is 19.7 Å². The van der Waals surface area contributed by atoms with E-state index in [1.807, 2.05) is 6.92 Å². The van der Waals surface area contributed by atoms with Crippen molar-refractivity contribution in [1.29, 1.82) is 0 Å². The van der Waals surface area contributed by atoms with Crippen LogP contribution in [0.15, 0.2) is 35.5 Å². The second kappa shape index (κ2) is 9.14. The molecule has 1 heterocycles. The molecule has 0 aromatic rings. The molecule has 0 amide bonds. The fourth-order valence-corrected chi connectivity index (χ4v) is 3.34. The zero-order chi connectivity index (χ0) is 19.3. The van der Waals surface area contributed by atoms with Crippen molar-refractivity contribution in [3.05, 3.63) is 35.5 Å². The van der Waals surface area contributed by atoms with Crippen molar-refractivity contribution in [2.75, 3.05) is 13.2 Å². The van der Waals surface area contributed by atoms with Crippen molar-refractivity contribution in [3.63, 3.8) is 0 Å². The molecular formula is C20H28O6. The van der Waals surface area contributed by atoms with Crippen molar-refractivity contribution in [2.24, 2.45) is 11.8 Å². The first kappa shape index (κ1) is 20.4. The summed E-state index contributed by atoms with van der Waals surface area (Å²) in [4.78, 5) is 24.3. The third kappa shape index (κ3) is 5.05. The normalized spacial score (nSPS) is 31.8. The van der Waals surface area contributed by atoms with Crippen LogP contribution in [-0.4, -0.2) is 47.6 Å². The molecule has 26 heavy (non-hydrogen) atoms. The van der Waals surface area contributed by atoms with E-state index >= 15 is 0 Å². The summed E-state index contributed by atoms with van der Waals surface area (Å²) in [5.74, 6) is -1.60. The highest BCUT2D eigenvalue weighted by Gasteiger charge is 2.44. The van der Waals surface area contributed by atoms with Gasteiger partial charge in [0.15, 0.2) is 0 Å². The molecule has 1 aliphatic heterocycles. The number of hydrogen-bond donors (Lipinski definition) is 2. The van der Waals surface area contributed by atoms with E-state index in [9.17, 15) is 14.7 Å². The quantitative estimate of drug-likeness (QED) is 0.441. The Hall–Kier alpha value is -1.92. The van der Waals surface area contributed by atoms with Crippen LogP contribution in [0.4, 0.5) is 0 Å². The van der Waals surface area contributed by atoms with E-state index in [2.05, 4.69) is 12.7 Å². The number of rotatable bonds is 5. The van der Waals surface area contributed by atoms with Crippen LogP contribution in [0.25, 0.3) is 0 Å². The van der Waals surface area contributed by atoms with Crippen LogP contribution in [0.5, 0.6) is 0 Å². The Kier molecular flexibility index (Phi) is 7.17. The molecule has 6 heteroatoms. The lowest BCUT2D eigenvalue weighted by molar-refractivity contribution is -0.153. The minimum absolute atomic E-state index is 0.0956. The molecule has 0 radical (unpaired) electrons. The molecule has 144 valence electrons. The second-order valence-corrected chi connectivity index (χ2v) is 7.22. The van der Waals surface area contributed by atoms with Crippen molar-refractivity contribution in [2.45, 2.75) is 51.7 Å². The van der Waals surface area contributed by atoms with Gasteiger partial charge in [-0.15, -0.1) is 0 Å². The highest BCUT2D eigenvalue weighted by Crippen LogP contribution is 2.36. The Morgan fingerprint density at radius 1 is 1.46 bits per heavy atom. The van der Waals surface area contributed by atoms with Gasteiger partial charge in [0, 0.05) is 18.6 Å². The zero-order valence-electron chi connectivity index (χ0n) is 15.4. The van der Waals surface area contributed by atoms with E-state index in [1.165, 1.54) is 0 Å². The maximum Gasteiger partial charge on any atom is 0.334 e. The molecule has 0 unspecified atom stereocenters. The van der Waals surface area contributed by atoms with Crippen LogP contribution < -0.4 is 0 Å². The molecule has 0 saturated carbocycles. The maximum absolute atomic E-state index is 12.3. The number of hydrogen-bond acceptors (Lipinski definition) is 6. The molecule has 2 N–H and O–H groups in total. The monoisotopic (exact) mass is 364 g/mol. The van der Waals surface area contributed by atoms with Crippen LogP contribution in [-0.2, 0) is 19.1 Å². The molecule has 1 fully saturated rings. The lowest BCUT2D eigenvalue weighted by atomic mass is 9.85. The number of carbonyl (C=O) groups is 2. The highest BCUT2D eigenvalue weighted by molar-refractivity contribution is 5.91. The summed E-state index contributed by atoms with van der Waals surface area (Å²) in [5.41, 5.74) is 2.11. The van der Waals surface area contributed by atoms with Crippen molar-refractivity contribution >= 4 is 11.9 Å². The van der Waals surface area contributed by atoms with Crippen LogP contribution in [0.3, 0.4) is 0 Å². The van der Waals surface area contributed by atoms with Gasteiger partial charge in [-0.3, -0.25) is 4.79 Å². The van der Waals surface area contributed by atoms with E-state index in [0.29, 0.717) is 12.8 Å². The molecule has 0 spiro atoms. The van der Waals surface area contributed by atoms with E-state index in [0.717, 1.165) is 17.6 Å². The first-order chi connectivity index (χ1) is 12.3. The van der Waals surface area contributed by atoms with Crippen molar-refractivity contribution in [1.82, 2.24) is 0 Å². The minimum Gasteiger partial charge on any atom is -0.461 e. The lowest BCUT2D eigenvalue weighted by Crippen LogP contribution is -2.34. The van der Waals surface area contributed by atoms with E-state index in [1.54, 1.807) is 13.0 Å². The van der Waals surface area contributed by atoms with Gasteiger partial charge in [0.2, 0.25) is 0 Å². The number of esters is 2. The molecule has 6 nitrogen and oxygen atoms in total. The summed E-state index contributed by atoms with van der Waals surface area (Å²) in [6, 6.07) is 0. The average Bonchev–Trinajstić information content (AvgIpc) is 2.86. The number of fused-ring (bicyclic) bond motifs is 1. The predicted molar refractivity (Wildman–Crippen MR) is 96.0 cm³/mol. The summed E-state index contributed by atoms with van der Waals surface area (Å²) in [6.45, 7) is 7.35. The Morgan fingerprint density at radius 2 is 2.19 bits per heavy atom. The second-order valence-electron chi connectivity index (χ2n) is 7.22. The van der Waals surface area contributed by atoms with Crippen LogP contribution in [0.2, 0.25) is 0 Å². The molecule has 1 saturated heterocycles. The third-order valence-corrected chi connectivity index (χ3v) is 4.86. The Labute approximate surface area is 154 Å². The number of ether oxygens (including phenoxy) is 2. The molecular weight excluding hydrogens is 336 g/mol. The fraction of sp³-hybridized carbons (Fsp3) is 0.600. The van der Waals surface area contributed by atoms with E-state index in [-0.39, 0.29) is 31.1 Å². The first-order valence-corrected chi connectivity index (χ1v) is 9.01. The Morgan fingerprint density at radius 3 is 2.85 bits per heavy atom. The van der Waals surface area contributed by atoms with Crippen LogP contribution in [0.1, 0.15) is 39.5 Å². The standard InChI is InChI=1S/C20H28O6/c1-12-5-4-6-15(11-22)9-17-19(14(3)20(24)26-17)16(7-12)25-18(23)8-13(2)10-21/h5,9,13,16-17,19,21-22H,3-4,6-8,10-11H2,1-2H3/b12-5-,15-9+/t13-,16-,17+,19+/m0/s1. The van der Waals surface area contributed by atoms with Crippen LogP contribution >= 0.6 is 0 Å². The highest BCUT2D eigenvalue weighted by atomic mass is 16.6. The molecule has 4 atom stereocenters. The summed E-state index contributed by atoms with van der Waals surface area (Å²) < 4.78 is 11.1. The van der Waals surface area contributed by atoms with Gasteiger partial charge >= 0.3 is 11.9 Å². The maximum atomic E-state index is 12.3. The topological polar surface area (TPSA) is 93.1 Å². The molecule has 0 aromatic carbocycles. The number of aliphatic hydroxyl groups is 2. The summed E-state index contributed by atoms with van der Waals surface area (Å²) in [7, 11) is 0. The number of aliphatic hydroxyl groups excluding tert-OH is 2. The Balaban J connectivity index is 2.30. The zero-order valence-corrected chi connectivity index (χ0v) is 15.4. The van der Waals surface area contributed by atoms with Gasteiger partial charge in [0.1, 0.15) is 12.2 Å². The molecule has 2 rings (SSSR count). The summed E-state index contributed by atoms with van der Waals surface area (Å²) in [5, 5.41) is 18.7. The fourth-order valence-electron chi connectivity index (χ4n) is 3.34. The lowest BCUT2D eigenvalue weighted by Gasteiger charge is -2.27. The van der Waals surface area contributed by atoms with Gasteiger partial charge in [-0.05, 0) is 37.3 Å². The van der Waals surface area contributed by atoms with Gasteiger partial charge in [0.25, 0.3) is 0 Å². The number of allylic oxidation sites excluding steroid dienone is 1. The van der Waals surface area contributed by atoms with Gasteiger partial charge in [-0.2, -0.15) is 0 Å². The van der Waals surface area contributed by atoms with Gasteiger partial charge in [-0.25, -0.2) is 4.79 Å². The average molecular weight is 364 g/mol. The van der Waals surface area contributed by atoms with Gasteiger partial charge in [-0.1, -0.05) is 25.2 Å². The smallest absolute Gasteiger partial charge is 0.334 e. The third-order valence-electron chi connectivity index (χ3n) is 4.86. The molecule has 2 aliphatic rings. The van der Waals surface area contributed by atoms with E-state index < -0.39 is 30.1 Å². The molecule has 0 aromatic heterocycles. The predicted octanol–water partition coefficient (Wildman–Crippen LogP) is 2.06. The molecule has 1 aliphatic carbocycles. The number of carbonyl (C=O) groups excluding carboxylic acids is 2. The van der Waals surface area contributed by atoms with E-state index in [4.69, 9.17) is 14.6 Å². The largest absolute Gasteiger partial charge is 0.461 e. The van der Waals surface area contributed by atoms with Crippen molar-refractivity contribution < 1.29 is 29.3 Å². The summed E-state index contributed by atoms with van der Waals surface area (Å²) >= 11 is 0. The first-order valence-electron chi connectivity index (χ1n) is 9.01.